The van der Waals surface area contributed by atoms with Crippen molar-refractivity contribution in [2.24, 2.45) is 0 Å². The van der Waals surface area contributed by atoms with Crippen LogP contribution in [0.2, 0.25) is 0 Å². The van der Waals surface area contributed by atoms with Crippen molar-refractivity contribution in [1.82, 2.24) is 4.31 Å². The van der Waals surface area contributed by atoms with Gasteiger partial charge in [-0.15, -0.1) is 0 Å². The number of para-hydroxylation sites is 1. The van der Waals surface area contributed by atoms with Crippen molar-refractivity contribution in [1.29, 1.82) is 0 Å². The van der Waals surface area contributed by atoms with Crippen LogP contribution in [0.3, 0.4) is 0 Å². The number of hydrogen-bond acceptors (Lipinski definition) is 4. The summed E-state index contributed by atoms with van der Waals surface area (Å²) in [5, 5.41) is 2.90. The summed E-state index contributed by atoms with van der Waals surface area (Å²) in [6.07, 6.45) is 2.75. The van der Waals surface area contributed by atoms with E-state index in [4.69, 9.17) is 4.74 Å². The van der Waals surface area contributed by atoms with E-state index < -0.39 is 15.9 Å². The van der Waals surface area contributed by atoms with Crippen molar-refractivity contribution in [3.8, 4) is 5.75 Å². The van der Waals surface area contributed by atoms with Gasteiger partial charge in [0.1, 0.15) is 5.75 Å². The minimum Gasteiger partial charge on any atom is -0.496 e. The lowest BCUT2D eigenvalue weighted by Gasteiger charge is -2.26. The zero-order chi connectivity index (χ0) is 20.3. The summed E-state index contributed by atoms with van der Waals surface area (Å²) in [6, 6.07) is 10.2. The largest absolute Gasteiger partial charge is 0.496 e. The molecule has 2 aromatic rings. The molecular weight excluding hydrogens is 376 g/mol. The number of rotatable bonds is 5. The molecule has 0 atom stereocenters. The summed E-state index contributed by atoms with van der Waals surface area (Å²) in [6.45, 7) is 4.85. The molecule has 1 amide bonds. The second-order valence-corrected chi connectivity index (χ2v) is 8.99. The molecule has 7 heteroatoms. The molecule has 6 nitrogen and oxygen atoms in total. The van der Waals surface area contributed by atoms with Gasteiger partial charge < -0.3 is 10.1 Å². The number of carbonyl (C=O) groups excluding carboxylic acids is 1. The number of nitrogens with zero attached hydrogens (tertiary/aromatic N) is 1. The second-order valence-electron chi connectivity index (χ2n) is 7.05. The Kier molecular flexibility index (Phi) is 6.05. The molecule has 0 aliphatic carbocycles. The maximum atomic E-state index is 13.0. The molecule has 2 aromatic carbocycles. The second kappa shape index (κ2) is 8.32. The number of hydrogen-bond donors (Lipinski definition) is 1. The Morgan fingerprint density at radius 3 is 2.29 bits per heavy atom. The quantitative estimate of drug-likeness (QED) is 0.827. The number of benzene rings is 2. The van der Waals surface area contributed by atoms with E-state index in [1.807, 2.05) is 32.0 Å². The van der Waals surface area contributed by atoms with E-state index in [9.17, 15) is 13.2 Å². The number of anilines is 1. The molecule has 1 N–H and O–H groups in total. The molecule has 0 radical (unpaired) electrons. The fourth-order valence-electron chi connectivity index (χ4n) is 3.47. The minimum atomic E-state index is -3.63. The summed E-state index contributed by atoms with van der Waals surface area (Å²) >= 11 is 0. The fraction of sp³-hybridized carbons (Fsp3) is 0.381. The van der Waals surface area contributed by atoms with Gasteiger partial charge in [0.15, 0.2) is 0 Å². The first-order chi connectivity index (χ1) is 13.3. The molecular formula is C21H26N2O4S. The Bertz CT molecular complexity index is 960. The van der Waals surface area contributed by atoms with Crippen molar-refractivity contribution >= 4 is 21.6 Å². The van der Waals surface area contributed by atoms with Crippen LogP contribution < -0.4 is 10.1 Å². The molecule has 3 rings (SSSR count). The van der Waals surface area contributed by atoms with Crippen LogP contribution in [0.5, 0.6) is 5.75 Å². The summed E-state index contributed by atoms with van der Waals surface area (Å²) in [7, 11) is -2.17. The average Bonchev–Trinajstić information content (AvgIpc) is 2.70. The molecule has 0 aromatic heterocycles. The van der Waals surface area contributed by atoms with E-state index in [2.05, 4.69) is 5.32 Å². The Labute approximate surface area is 166 Å². The van der Waals surface area contributed by atoms with Crippen LogP contribution in [-0.2, 0) is 10.0 Å². The Morgan fingerprint density at radius 1 is 1.04 bits per heavy atom. The van der Waals surface area contributed by atoms with Crippen LogP contribution >= 0.6 is 0 Å². The smallest absolute Gasteiger partial charge is 0.259 e. The normalized spacial score (nSPS) is 15.2. The lowest BCUT2D eigenvalue weighted by atomic mass is 10.1. The van der Waals surface area contributed by atoms with Crippen LogP contribution in [0.4, 0.5) is 5.69 Å². The van der Waals surface area contributed by atoms with Gasteiger partial charge >= 0.3 is 0 Å². The zero-order valence-corrected chi connectivity index (χ0v) is 17.3. The van der Waals surface area contributed by atoms with E-state index in [0.29, 0.717) is 18.8 Å². The maximum Gasteiger partial charge on any atom is 0.259 e. The van der Waals surface area contributed by atoms with E-state index >= 15 is 0 Å². The van der Waals surface area contributed by atoms with Crippen molar-refractivity contribution in [3.63, 3.8) is 0 Å². The van der Waals surface area contributed by atoms with E-state index in [0.717, 1.165) is 36.1 Å². The molecule has 1 saturated heterocycles. The molecule has 1 aliphatic rings. The maximum absolute atomic E-state index is 13.0. The average molecular weight is 403 g/mol. The molecule has 0 spiro atoms. The predicted molar refractivity (Wildman–Crippen MR) is 109 cm³/mol. The number of sulfonamides is 1. The Morgan fingerprint density at radius 2 is 1.68 bits per heavy atom. The highest BCUT2D eigenvalue weighted by Crippen LogP contribution is 2.28. The van der Waals surface area contributed by atoms with Gasteiger partial charge in [0.05, 0.1) is 17.6 Å². The van der Waals surface area contributed by atoms with Crippen LogP contribution in [0.1, 0.15) is 40.7 Å². The molecule has 28 heavy (non-hydrogen) atoms. The molecule has 0 unspecified atom stereocenters. The van der Waals surface area contributed by atoms with Gasteiger partial charge in [-0.3, -0.25) is 4.79 Å². The van der Waals surface area contributed by atoms with E-state index in [1.165, 1.54) is 29.6 Å². The van der Waals surface area contributed by atoms with Gasteiger partial charge in [0, 0.05) is 18.8 Å². The summed E-state index contributed by atoms with van der Waals surface area (Å²) < 4.78 is 32.8. The lowest BCUT2D eigenvalue weighted by Crippen LogP contribution is -2.35. The third-order valence-corrected chi connectivity index (χ3v) is 6.98. The number of ether oxygens (including phenoxy) is 1. The standard InChI is InChI=1S/C21H26N2O4S/c1-15-8-7-9-16(2)20(15)22-21(24)18-14-17(10-11-19(18)27-3)28(25,26)23-12-5-4-6-13-23/h7-11,14H,4-6,12-13H2,1-3H3,(H,22,24). The first-order valence-electron chi connectivity index (χ1n) is 9.40. The van der Waals surface area contributed by atoms with Crippen molar-refractivity contribution in [3.05, 3.63) is 53.1 Å². The minimum absolute atomic E-state index is 0.113. The fourth-order valence-corrected chi connectivity index (χ4v) is 5.02. The van der Waals surface area contributed by atoms with Crippen molar-refractivity contribution in [2.75, 3.05) is 25.5 Å². The molecule has 0 saturated carbocycles. The third-order valence-electron chi connectivity index (χ3n) is 5.09. The van der Waals surface area contributed by atoms with Crippen LogP contribution in [0.25, 0.3) is 0 Å². The Hall–Kier alpha value is -2.38. The molecule has 1 fully saturated rings. The Balaban J connectivity index is 1.96. The topological polar surface area (TPSA) is 75.7 Å². The summed E-state index contributed by atoms with van der Waals surface area (Å²) in [5.74, 6) is -0.0636. The van der Waals surface area contributed by atoms with Gasteiger partial charge in [-0.05, 0) is 56.0 Å². The first kappa shape index (κ1) is 20.4. The van der Waals surface area contributed by atoms with Gasteiger partial charge in [0.25, 0.3) is 5.91 Å². The summed E-state index contributed by atoms with van der Waals surface area (Å²) in [5.41, 5.74) is 2.79. The van der Waals surface area contributed by atoms with Crippen molar-refractivity contribution < 1.29 is 17.9 Å². The number of piperidine rings is 1. The number of nitrogens with one attached hydrogen (secondary N) is 1. The molecule has 0 bridgehead atoms. The van der Waals surface area contributed by atoms with Gasteiger partial charge in [-0.25, -0.2) is 8.42 Å². The highest BCUT2D eigenvalue weighted by atomic mass is 32.2. The van der Waals surface area contributed by atoms with Crippen LogP contribution in [0.15, 0.2) is 41.3 Å². The number of methoxy groups -OCH3 is 1. The molecule has 150 valence electrons. The van der Waals surface area contributed by atoms with Gasteiger partial charge in [0.2, 0.25) is 10.0 Å². The zero-order valence-electron chi connectivity index (χ0n) is 16.5. The van der Waals surface area contributed by atoms with Gasteiger partial charge in [-0.1, -0.05) is 24.6 Å². The lowest BCUT2D eigenvalue weighted by molar-refractivity contribution is 0.102. The molecule has 1 heterocycles. The van der Waals surface area contributed by atoms with E-state index in [-0.39, 0.29) is 10.5 Å². The van der Waals surface area contributed by atoms with Crippen LogP contribution in [-0.4, -0.2) is 38.8 Å². The SMILES string of the molecule is COc1ccc(S(=O)(=O)N2CCCCC2)cc1C(=O)Nc1c(C)cccc1C. The van der Waals surface area contributed by atoms with Crippen molar-refractivity contribution in [2.45, 2.75) is 38.0 Å². The highest BCUT2D eigenvalue weighted by Gasteiger charge is 2.27. The summed E-state index contributed by atoms with van der Waals surface area (Å²) in [4.78, 5) is 13.1. The predicted octanol–water partition coefficient (Wildman–Crippen LogP) is 3.74. The number of amides is 1. The molecule has 1 aliphatic heterocycles. The van der Waals surface area contributed by atoms with E-state index in [1.54, 1.807) is 0 Å². The number of aryl methyl sites for hydroxylation is 2. The van der Waals surface area contributed by atoms with Crippen LogP contribution in [0, 0.1) is 13.8 Å². The van der Waals surface area contributed by atoms with Gasteiger partial charge in [-0.2, -0.15) is 4.31 Å². The first-order valence-corrected chi connectivity index (χ1v) is 10.8. The monoisotopic (exact) mass is 402 g/mol. The third kappa shape index (κ3) is 4.05. The highest BCUT2D eigenvalue weighted by molar-refractivity contribution is 7.89. The number of carbonyl (C=O) groups is 1.